The third-order valence-corrected chi connectivity index (χ3v) is 3.86. The number of likely N-dealkylation sites (tertiary alicyclic amines) is 1. The second-order valence-electron chi connectivity index (χ2n) is 5.66. The highest BCUT2D eigenvalue weighted by atomic mass is 16.2. The molecule has 0 radical (unpaired) electrons. The number of likely N-dealkylation sites (N-methyl/N-ethyl adjacent to an activating group) is 1. The number of amides is 3. The predicted molar refractivity (Wildman–Crippen MR) is 81.7 cm³/mol. The molecule has 1 aromatic carbocycles. The first kappa shape index (κ1) is 16.2. The molecule has 0 saturated carbocycles. The normalized spacial score (nSPS) is 19.6. The molecule has 1 unspecified atom stereocenters. The lowest BCUT2D eigenvalue weighted by Gasteiger charge is -2.23. The Balaban J connectivity index is 1.98. The molecule has 3 amide bonds. The van der Waals surface area contributed by atoms with Crippen molar-refractivity contribution in [1.82, 2.24) is 15.1 Å². The monoisotopic (exact) mass is 303 g/mol. The fraction of sp³-hybridized carbons (Fsp3) is 0.438. The van der Waals surface area contributed by atoms with Gasteiger partial charge < -0.3 is 5.32 Å². The van der Waals surface area contributed by atoms with Crippen molar-refractivity contribution in [2.45, 2.75) is 32.0 Å². The van der Waals surface area contributed by atoms with Crippen LogP contribution in [0.2, 0.25) is 0 Å². The molecule has 2 atom stereocenters. The summed E-state index contributed by atoms with van der Waals surface area (Å²) in [6, 6.07) is 8.21. The number of hydrogen-bond acceptors (Lipinski definition) is 4. The summed E-state index contributed by atoms with van der Waals surface area (Å²) in [6.07, 6.45) is 0.127. The largest absolute Gasteiger partial charge is 0.350 e. The van der Waals surface area contributed by atoms with E-state index in [0.29, 0.717) is 6.54 Å². The van der Waals surface area contributed by atoms with Gasteiger partial charge in [0.15, 0.2) is 0 Å². The number of benzene rings is 1. The van der Waals surface area contributed by atoms with Crippen LogP contribution in [0.25, 0.3) is 0 Å². The van der Waals surface area contributed by atoms with E-state index in [1.807, 2.05) is 30.3 Å². The van der Waals surface area contributed by atoms with Gasteiger partial charge in [0.25, 0.3) is 0 Å². The van der Waals surface area contributed by atoms with Gasteiger partial charge in [-0.15, -0.1) is 0 Å². The van der Waals surface area contributed by atoms with E-state index < -0.39 is 12.1 Å². The number of carbonyl (C=O) groups is 3. The molecule has 118 valence electrons. The van der Waals surface area contributed by atoms with Gasteiger partial charge in [0.05, 0.1) is 12.5 Å². The lowest BCUT2D eigenvalue weighted by atomic mass is 10.2. The highest BCUT2D eigenvalue weighted by molar-refractivity contribution is 6.08. The molecule has 6 nitrogen and oxygen atoms in total. The van der Waals surface area contributed by atoms with Crippen LogP contribution in [0.3, 0.4) is 0 Å². The van der Waals surface area contributed by atoms with Crippen molar-refractivity contribution < 1.29 is 14.4 Å². The summed E-state index contributed by atoms with van der Waals surface area (Å²) in [5.74, 6) is -0.937. The lowest BCUT2D eigenvalue weighted by molar-refractivity contribution is -0.147. The van der Waals surface area contributed by atoms with Gasteiger partial charge in [-0.2, -0.15) is 0 Å². The Bertz CT molecular complexity index is 571. The fourth-order valence-electron chi connectivity index (χ4n) is 2.49. The number of nitrogens with one attached hydrogen (secondary N) is 1. The highest BCUT2D eigenvalue weighted by Crippen LogP contribution is 2.19. The minimum atomic E-state index is -0.798. The van der Waals surface area contributed by atoms with E-state index in [2.05, 4.69) is 5.32 Å². The molecule has 6 heteroatoms. The van der Waals surface area contributed by atoms with Gasteiger partial charge in [-0.3, -0.25) is 24.2 Å². The smallest absolute Gasteiger partial charge is 0.247 e. The van der Waals surface area contributed by atoms with Crippen molar-refractivity contribution in [2.75, 3.05) is 14.1 Å². The maximum absolute atomic E-state index is 12.3. The van der Waals surface area contributed by atoms with Crippen molar-refractivity contribution in [2.24, 2.45) is 0 Å². The molecule has 1 saturated heterocycles. The number of hydrogen-bond donors (Lipinski definition) is 1. The molecule has 2 rings (SSSR count). The molecule has 0 bridgehead atoms. The van der Waals surface area contributed by atoms with Crippen molar-refractivity contribution >= 4 is 17.7 Å². The van der Waals surface area contributed by atoms with Crippen LogP contribution in [0, 0.1) is 0 Å². The number of rotatable bonds is 5. The quantitative estimate of drug-likeness (QED) is 0.799. The molecule has 1 aromatic rings. The summed E-state index contributed by atoms with van der Waals surface area (Å²) in [5, 5.41) is 2.76. The predicted octanol–water partition coefficient (Wildman–Crippen LogP) is 0.380. The SMILES string of the molecule is CC(C(=O)NCc1ccccc1)N1C(=O)C[C@H](N(C)C)C1=O. The number of carbonyl (C=O) groups excluding carboxylic acids is 3. The number of imide groups is 1. The zero-order valence-corrected chi connectivity index (χ0v) is 13.1. The van der Waals surface area contributed by atoms with Crippen molar-refractivity contribution in [1.29, 1.82) is 0 Å². The maximum Gasteiger partial charge on any atom is 0.247 e. The van der Waals surface area contributed by atoms with Crippen molar-refractivity contribution in [3.05, 3.63) is 35.9 Å². The molecule has 1 fully saturated rings. The zero-order valence-electron chi connectivity index (χ0n) is 13.1. The summed E-state index contributed by atoms with van der Waals surface area (Å²) >= 11 is 0. The van der Waals surface area contributed by atoms with E-state index in [4.69, 9.17) is 0 Å². The van der Waals surface area contributed by atoms with E-state index in [1.54, 1.807) is 25.9 Å². The number of nitrogens with zero attached hydrogens (tertiary/aromatic N) is 2. The molecule has 1 aliphatic heterocycles. The molecule has 0 aliphatic carbocycles. The minimum Gasteiger partial charge on any atom is -0.350 e. The molecule has 0 spiro atoms. The topological polar surface area (TPSA) is 69.7 Å². The Labute approximate surface area is 130 Å². The summed E-state index contributed by atoms with van der Waals surface area (Å²) in [5.41, 5.74) is 0.966. The van der Waals surface area contributed by atoms with Gasteiger partial charge in [0.2, 0.25) is 17.7 Å². The first-order valence-corrected chi connectivity index (χ1v) is 7.25. The summed E-state index contributed by atoms with van der Waals surface area (Å²) in [7, 11) is 3.50. The Morgan fingerprint density at radius 3 is 2.50 bits per heavy atom. The molecular weight excluding hydrogens is 282 g/mol. The third-order valence-electron chi connectivity index (χ3n) is 3.86. The molecule has 1 N–H and O–H groups in total. The standard InChI is InChI=1S/C16H21N3O3/c1-11(15(21)17-10-12-7-5-4-6-8-12)19-14(20)9-13(16(19)22)18(2)3/h4-8,11,13H,9-10H2,1-3H3,(H,17,21)/t11?,13-/m0/s1. The van der Waals surface area contributed by atoms with E-state index in [9.17, 15) is 14.4 Å². The Kier molecular flexibility index (Phi) is 4.92. The van der Waals surface area contributed by atoms with Crippen LogP contribution in [0.5, 0.6) is 0 Å². The van der Waals surface area contributed by atoms with Gasteiger partial charge in [-0.05, 0) is 26.6 Å². The molecule has 0 aromatic heterocycles. The van der Waals surface area contributed by atoms with Crippen molar-refractivity contribution in [3.8, 4) is 0 Å². The second kappa shape index (κ2) is 6.70. The summed E-state index contributed by atoms with van der Waals surface area (Å²) in [6.45, 7) is 1.95. The van der Waals surface area contributed by atoms with Gasteiger partial charge in [-0.1, -0.05) is 30.3 Å². The maximum atomic E-state index is 12.3. The van der Waals surface area contributed by atoms with E-state index in [0.717, 1.165) is 10.5 Å². The molecular formula is C16H21N3O3. The Hall–Kier alpha value is -2.21. The van der Waals surface area contributed by atoms with Crippen LogP contribution in [0.4, 0.5) is 0 Å². The molecule has 22 heavy (non-hydrogen) atoms. The Morgan fingerprint density at radius 1 is 1.32 bits per heavy atom. The first-order chi connectivity index (χ1) is 10.4. The van der Waals surface area contributed by atoms with E-state index >= 15 is 0 Å². The fourth-order valence-corrected chi connectivity index (χ4v) is 2.49. The van der Waals surface area contributed by atoms with Crippen LogP contribution in [0.15, 0.2) is 30.3 Å². The second-order valence-corrected chi connectivity index (χ2v) is 5.66. The van der Waals surface area contributed by atoms with Crippen LogP contribution >= 0.6 is 0 Å². The van der Waals surface area contributed by atoms with Gasteiger partial charge in [0, 0.05) is 6.54 Å². The summed E-state index contributed by atoms with van der Waals surface area (Å²) < 4.78 is 0. The molecule has 1 aliphatic rings. The van der Waals surface area contributed by atoms with Crippen LogP contribution in [0.1, 0.15) is 18.9 Å². The summed E-state index contributed by atoms with van der Waals surface area (Å²) in [4.78, 5) is 39.3. The minimum absolute atomic E-state index is 0.127. The average Bonchev–Trinajstić information content (AvgIpc) is 2.80. The zero-order chi connectivity index (χ0) is 16.3. The van der Waals surface area contributed by atoms with Crippen molar-refractivity contribution in [3.63, 3.8) is 0 Å². The van der Waals surface area contributed by atoms with E-state index in [1.165, 1.54) is 0 Å². The lowest BCUT2D eigenvalue weighted by Crippen LogP contribution is -2.49. The van der Waals surface area contributed by atoms with Gasteiger partial charge in [0.1, 0.15) is 6.04 Å². The van der Waals surface area contributed by atoms with Crippen LogP contribution in [-0.4, -0.2) is 53.7 Å². The first-order valence-electron chi connectivity index (χ1n) is 7.25. The Morgan fingerprint density at radius 2 is 1.95 bits per heavy atom. The van der Waals surface area contributed by atoms with Crippen LogP contribution in [-0.2, 0) is 20.9 Å². The van der Waals surface area contributed by atoms with Gasteiger partial charge >= 0.3 is 0 Å². The third kappa shape index (κ3) is 3.33. The van der Waals surface area contributed by atoms with E-state index in [-0.39, 0.29) is 24.1 Å². The molecule has 1 heterocycles. The van der Waals surface area contributed by atoms with Gasteiger partial charge in [-0.25, -0.2) is 0 Å². The average molecular weight is 303 g/mol. The highest BCUT2D eigenvalue weighted by Gasteiger charge is 2.43. The van der Waals surface area contributed by atoms with Crippen LogP contribution < -0.4 is 5.32 Å².